The second kappa shape index (κ2) is 34.5. The molecule has 8 aromatic rings. The lowest BCUT2D eigenvalue weighted by molar-refractivity contribution is 0.193. The van der Waals surface area contributed by atoms with Crippen molar-refractivity contribution in [3.8, 4) is 11.1 Å². The third-order valence-electron chi connectivity index (χ3n) is 16.1. The minimum atomic E-state index is -5.55. The number of aromatic nitrogens is 6. The lowest BCUT2D eigenvalue weighted by Gasteiger charge is -2.31. The lowest BCUT2D eigenvalue weighted by Crippen LogP contribution is -2.33. The first-order valence-electron chi connectivity index (χ1n) is 33.3. The van der Waals surface area contributed by atoms with E-state index in [2.05, 4.69) is 30.6 Å². The van der Waals surface area contributed by atoms with Gasteiger partial charge in [0.15, 0.2) is 0 Å². The van der Waals surface area contributed by atoms with Crippen molar-refractivity contribution in [1.82, 2.24) is 29.9 Å². The number of anilines is 12. The van der Waals surface area contributed by atoms with E-state index >= 15 is 0 Å². The maximum Gasteiger partial charge on any atom is 0.295 e. The summed E-state index contributed by atoms with van der Waals surface area (Å²) in [5.74, 6) is -3.04. The molecule has 0 spiro atoms. The molecular weight excluding hydrogens is 1560 g/mol. The Kier molecular flexibility index (Phi) is 27.2. The van der Waals surface area contributed by atoms with E-state index in [4.69, 9.17) is 30.5 Å². The molecule has 6 aromatic carbocycles. The fourth-order valence-electron chi connectivity index (χ4n) is 12.1. The number of sulfonamides is 4. The van der Waals surface area contributed by atoms with Crippen LogP contribution in [-0.2, 0) is 86.0 Å². The summed E-state index contributed by atoms with van der Waals surface area (Å²) >= 11 is 0. The molecule has 2 heterocycles. The molecule has 0 radical (unpaired) electrons. The van der Waals surface area contributed by atoms with Crippen LogP contribution in [0.2, 0.25) is 0 Å². The van der Waals surface area contributed by atoms with Crippen molar-refractivity contribution in [3.05, 3.63) is 131 Å². The second-order valence-corrected chi connectivity index (χ2v) is 35.3. The predicted molar refractivity (Wildman–Crippen MR) is 405 cm³/mol. The summed E-state index contributed by atoms with van der Waals surface area (Å²) in [5.41, 5.74) is -2.54. The van der Waals surface area contributed by atoms with Crippen molar-refractivity contribution >= 4 is 130 Å². The molecule has 44 heteroatoms. The number of hydrogen-bond donors (Lipinski definition) is 16. The first-order chi connectivity index (χ1) is 50.9. The summed E-state index contributed by atoms with van der Waals surface area (Å²) in [4.78, 5) is 28.7. The Balaban J connectivity index is 1.36. The molecule has 0 saturated carbocycles. The molecule has 20 N–H and O–H groups in total. The normalized spacial score (nSPS) is 14.7. The van der Waals surface area contributed by atoms with Crippen LogP contribution in [-0.4, -0.2) is 205 Å². The van der Waals surface area contributed by atoms with E-state index in [-0.39, 0.29) is 82.1 Å². The van der Waals surface area contributed by atoms with Crippen LogP contribution in [0.15, 0.2) is 139 Å². The molecule has 0 aliphatic rings. The number of rotatable bonds is 35. The summed E-state index contributed by atoms with van der Waals surface area (Å²) in [7, 11) is -29.4. The van der Waals surface area contributed by atoms with E-state index in [1.165, 1.54) is 124 Å². The van der Waals surface area contributed by atoms with Crippen LogP contribution in [0.5, 0.6) is 0 Å². The molecule has 8 rings (SSSR count). The number of primary sulfonamides is 4. The zero-order valence-corrected chi connectivity index (χ0v) is 65.2. The van der Waals surface area contributed by atoms with Crippen molar-refractivity contribution < 1.29 is 100 Å². The van der Waals surface area contributed by atoms with Gasteiger partial charge in [-0.2, -0.15) is 46.7 Å². The molecule has 2 aromatic heterocycles. The molecule has 0 bridgehead atoms. The van der Waals surface area contributed by atoms with Gasteiger partial charge >= 0.3 is 0 Å². The van der Waals surface area contributed by atoms with Crippen LogP contribution in [0.3, 0.4) is 0 Å². The summed E-state index contributed by atoms with van der Waals surface area (Å²) in [6, 6.07) is 21.1. The van der Waals surface area contributed by atoms with Gasteiger partial charge in [-0.1, -0.05) is 36.4 Å². The van der Waals surface area contributed by atoms with Crippen molar-refractivity contribution in [3.63, 3.8) is 0 Å². The van der Waals surface area contributed by atoms with E-state index in [9.17, 15) is 100 Å². The molecule has 0 amide bonds. The van der Waals surface area contributed by atoms with Crippen molar-refractivity contribution in [1.29, 1.82) is 0 Å². The Morgan fingerprint density at radius 2 is 0.536 bits per heavy atom. The summed E-state index contributed by atoms with van der Waals surface area (Å²) in [6.45, 7) is 8.85. The van der Waals surface area contributed by atoms with E-state index in [1.807, 2.05) is 0 Å². The number of nitrogens with zero attached hydrogens (tertiary/aromatic N) is 10. The SMILES string of the molecule is CC(O)Cc1c(N(CC(C)O)c2nc(Nc3ccc(-c4ccc(Nc5nc(N(CC(C)O)c6cccc(S(N)(=O)=O)c6CC(C)O)nc(N(CC(C)O)c6cccc(S(N)(=O)=O)c6CC(C)O)n5)cc4S(=O)(=O)O)c(S(=O)(=O)O)c3)nc(N(CC(C)O)c3cccc(S(N)(=O)=O)c3CC(C)O)n2)cccc1S(N)(=O)=O. The highest BCUT2D eigenvalue weighted by molar-refractivity contribution is 7.90. The molecule has 8 unspecified atom stereocenters. The van der Waals surface area contributed by atoms with Crippen LogP contribution >= 0.6 is 0 Å². The fourth-order valence-corrected chi connectivity index (χ4v) is 16.8. The highest BCUT2D eigenvalue weighted by Crippen LogP contribution is 2.42. The smallest absolute Gasteiger partial charge is 0.295 e. The number of benzene rings is 6. The first-order valence-corrected chi connectivity index (χ1v) is 42.4. The molecule has 598 valence electrons. The van der Waals surface area contributed by atoms with Crippen LogP contribution in [0.25, 0.3) is 11.1 Å². The van der Waals surface area contributed by atoms with Crippen molar-refractivity contribution in [2.45, 2.75) is 159 Å². The van der Waals surface area contributed by atoms with Gasteiger partial charge in [-0.25, -0.2) is 54.2 Å². The fraction of sp³-hybridized carbons (Fsp3) is 0.364. The van der Waals surface area contributed by atoms with Crippen LogP contribution < -0.4 is 50.8 Å². The molecule has 38 nitrogen and oxygen atoms in total. The minimum absolute atomic E-state index is 0.0620. The largest absolute Gasteiger partial charge is 0.393 e. The van der Waals surface area contributed by atoms with Gasteiger partial charge in [-0.05, 0) is 150 Å². The highest BCUT2D eigenvalue weighted by Gasteiger charge is 2.34. The van der Waals surface area contributed by atoms with Gasteiger partial charge in [0.2, 0.25) is 75.8 Å². The Labute approximate surface area is 635 Å². The van der Waals surface area contributed by atoms with Crippen LogP contribution in [0, 0.1) is 0 Å². The van der Waals surface area contributed by atoms with Gasteiger partial charge in [0.25, 0.3) is 20.2 Å². The highest BCUT2D eigenvalue weighted by atomic mass is 32.2. The number of aliphatic hydroxyl groups is 8. The maximum atomic E-state index is 13.8. The van der Waals surface area contributed by atoms with Crippen LogP contribution in [0.4, 0.5) is 69.8 Å². The number of nitrogens with one attached hydrogen (secondary N) is 2. The summed E-state index contributed by atoms with van der Waals surface area (Å²) in [5, 5.41) is 116. The van der Waals surface area contributed by atoms with Gasteiger partial charge in [0.05, 0.1) is 94.6 Å². The van der Waals surface area contributed by atoms with Gasteiger partial charge in [0, 0.05) is 70.9 Å². The molecule has 0 aliphatic carbocycles. The zero-order valence-electron chi connectivity index (χ0n) is 60.3. The van der Waals surface area contributed by atoms with E-state index in [0.717, 1.165) is 60.7 Å². The van der Waals surface area contributed by atoms with Gasteiger partial charge in [0.1, 0.15) is 9.79 Å². The van der Waals surface area contributed by atoms with Gasteiger partial charge < -0.3 is 71.1 Å². The topological polar surface area (TPSA) is 626 Å². The molecule has 8 atom stereocenters. The Morgan fingerprint density at radius 3 is 0.718 bits per heavy atom. The molecule has 110 heavy (non-hydrogen) atoms. The molecule has 0 saturated heterocycles. The monoisotopic (exact) mass is 1650 g/mol. The Hall–Kier alpha value is -8.72. The number of nitrogens with two attached hydrogens (primary N) is 4. The second-order valence-electron chi connectivity index (χ2n) is 26.4. The standard InChI is InChI=1S/C66H86N16O22S6/c1-35(83)25-47-51(13-9-17-55(47)105(67,91)92)79(31-39(5)87)63-73-61(74-64(77-63)80(32-40(6)88)52-14-10-18-56(106(68,93)94)48(52)26-36(2)84)71-43-21-23-45(59(29-43)109(99,100)101)46-24-22-44(30-60(46)110(102,103)104)72-62-75-65(81(33-41(7)89)53-15-11-19-57(107(69,95)96)49(53)27-37(3)85)78-66(76-62)82(34-42(8)90)54-16-12-20-58(108(70,97)98)50(54)28-38(4)86/h9-24,29-30,35-42,83-90H,25-28,31-34H2,1-8H3,(H2,67,91,92)(H2,68,93,94)(H2,69,95,96)(H2,70,97,98)(H,99,100,101)(H,102,103,104)(H,71,73,74,77)(H,72,75,76,78). The minimum Gasteiger partial charge on any atom is -0.393 e. The summed E-state index contributed by atoms with van der Waals surface area (Å²) in [6.07, 6.45) is -11.8. The predicted octanol–water partition coefficient (Wildman–Crippen LogP) is 2.06. The van der Waals surface area contributed by atoms with E-state index in [1.54, 1.807) is 0 Å². The quantitative estimate of drug-likeness (QED) is 0.0253. The Morgan fingerprint density at radius 1 is 0.318 bits per heavy atom. The third-order valence-corrected chi connectivity index (χ3v) is 21.9. The first kappa shape index (κ1) is 86.9. The molecular formula is C66H86N16O22S6. The van der Waals surface area contributed by atoms with E-state index in [0.29, 0.717) is 0 Å². The zero-order chi connectivity index (χ0) is 81.8. The van der Waals surface area contributed by atoms with Crippen molar-refractivity contribution in [2.75, 3.05) is 56.4 Å². The average Bonchev–Trinajstić information content (AvgIpc) is 0.773. The van der Waals surface area contributed by atoms with E-state index < -0.39 is 212 Å². The van der Waals surface area contributed by atoms with Gasteiger partial charge in [-0.15, -0.1) is 0 Å². The maximum absolute atomic E-state index is 13.8. The molecule has 0 aliphatic heterocycles. The average molecular weight is 1650 g/mol. The lowest BCUT2D eigenvalue weighted by atomic mass is 10.0. The Bertz CT molecular complexity index is 4880. The third kappa shape index (κ3) is 21.9. The van der Waals surface area contributed by atoms with Crippen molar-refractivity contribution in [2.24, 2.45) is 20.6 Å². The molecule has 0 fully saturated rings. The van der Waals surface area contributed by atoms with Crippen LogP contribution in [0.1, 0.15) is 77.6 Å². The van der Waals surface area contributed by atoms with Gasteiger partial charge in [-0.3, -0.25) is 9.11 Å². The number of aliphatic hydroxyl groups excluding tert-OH is 8. The summed E-state index contributed by atoms with van der Waals surface area (Å²) < 4.78 is 183. The number of hydrogen-bond acceptors (Lipinski definition) is 32.